The predicted octanol–water partition coefficient (Wildman–Crippen LogP) is 0.665. The van der Waals surface area contributed by atoms with E-state index in [4.69, 9.17) is 5.11 Å². The van der Waals surface area contributed by atoms with Crippen LogP contribution in [0.5, 0.6) is 0 Å². The number of carbonyl (C=O) groups is 2. The summed E-state index contributed by atoms with van der Waals surface area (Å²) in [5.74, 6) is 0.0712. The van der Waals surface area contributed by atoms with Crippen molar-refractivity contribution in [2.75, 3.05) is 0 Å². The maximum Gasteiger partial charge on any atom is 0.303 e. The fourth-order valence-corrected chi connectivity index (χ4v) is 1.62. The Hall–Kier alpha value is -1.92. The lowest BCUT2D eigenvalue weighted by Crippen LogP contribution is -2.33. The van der Waals surface area contributed by atoms with Gasteiger partial charge in [-0.25, -0.2) is 4.98 Å². The topological polar surface area (TPSA) is 108 Å². The Kier molecular flexibility index (Phi) is 3.59. The molecule has 0 saturated heterocycles. The number of rotatable bonds is 6. The van der Waals surface area contributed by atoms with Crippen LogP contribution >= 0.6 is 0 Å². The Labute approximate surface area is 104 Å². The van der Waals surface area contributed by atoms with E-state index in [1.54, 1.807) is 6.92 Å². The van der Waals surface area contributed by atoms with Gasteiger partial charge in [-0.05, 0) is 26.2 Å². The summed E-state index contributed by atoms with van der Waals surface area (Å²) >= 11 is 0. The first-order chi connectivity index (χ1) is 8.56. The van der Waals surface area contributed by atoms with Crippen LogP contribution in [0.25, 0.3) is 0 Å². The molecular weight excluding hydrogens is 236 g/mol. The number of carboxylic acid groups (broad SMARTS) is 1. The molecule has 3 N–H and O–H groups in total. The van der Waals surface area contributed by atoms with E-state index in [2.05, 4.69) is 20.5 Å². The summed E-state index contributed by atoms with van der Waals surface area (Å²) in [5.41, 5.74) is 0. The molecule has 2 rings (SSSR count). The van der Waals surface area contributed by atoms with Crippen molar-refractivity contribution in [2.24, 2.45) is 0 Å². The molecule has 1 heterocycles. The Morgan fingerprint density at radius 1 is 1.56 bits per heavy atom. The zero-order valence-electron chi connectivity index (χ0n) is 10.1. The van der Waals surface area contributed by atoms with Crippen LogP contribution in [-0.4, -0.2) is 38.2 Å². The zero-order valence-corrected chi connectivity index (χ0v) is 10.1. The molecule has 98 valence electrons. The minimum absolute atomic E-state index is 0.0305. The smallest absolute Gasteiger partial charge is 0.303 e. The molecule has 1 aromatic heterocycles. The summed E-state index contributed by atoms with van der Waals surface area (Å²) in [6.45, 7) is 1.76. The number of carbonyl (C=O) groups excluding carboxylic acids is 1. The number of carboxylic acids is 1. The predicted molar refractivity (Wildman–Crippen MR) is 62.2 cm³/mol. The van der Waals surface area contributed by atoms with Gasteiger partial charge in [-0.3, -0.25) is 14.7 Å². The van der Waals surface area contributed by atoms with Crippen LogP contribution in [0.2, 0.25) is 0 Å². The Morgan fingerprint density at radius 3 is 2.89 bits per heavy atom. The van der Waals surface area contributed by atoms with Gasteiger partial charge in [0.2, 0.25) is 5.82 Å². The lowest BCUT2D eigenvalue weighted by Gasteiger charge is -2.10. The molecule has 0 radical (unpaired) electrons. The van der Waals surface area contributed by atoms with E-state index in [1.165, 1.54) is 0 Å². The van der Waals surface area contributed by atoms with Gasteiger partial charge in [-0.15, -0.1) is 5.10 Å². The molecule has 18 heavy (non-hydrogen) atoms. The van der Waals surface area contributed by atoms with Gasteiger partial charge in [0.25, 0.3) is 5.91 Å². The first kappa shape index (κ1) is 12.5. The summed E-state index contributed by atoms with van der Waals surface area (Å²) in [7, 11) is 0. The average molecular weight is 252 g/mol. The lowest BCUT2D eigenvalue weighted by atomic mass is 10.2. The third-order valence-corrected chi connectivity index (χ3v) is 2.84. The number of hydrogen-bond donors (Lipinski definition) is 3. The molecule has 7 heteroatoms. The van der Waals surface area contributed by atoms with Gasteiger partial charge in [-0.1, -0.05) is 0 Å². The molecule has 1 fully saturated rings. The number of nitrogens with zero attached hydrogens (tertiary/aromatic N) is 2. The van der Waals surface area contributed by atoms with E-state index in [0.717, 1.165) is 18.7 Å². The molecule has 0 aliphatic heterocycles. The summed E-state index contributed by atoms with van der Waals surface area (Å²) < 4.78 is 0. The van der Waals surface area contributed by atoms with E-state index in [-0.39, 0.29) is 24.2 Å². The molecular formula is C11H16N4O3. The Morgan fingerprint density at radius 2 is 2.28 bits per heavy atom. The van der Waals surface area contributed by atoms with Gasteiger partial charge in [0, 0.05) is 18.4 Å². The molecule has 1 atom stereocenters. The second-order valence-corrected chi connectivity index (χ2v) is 4.63. The van der Waals surface area contributed by atoms with Crippen molar-refractivity contribution < 1.29 is 14.7 Å². The molecule has 7 nitrogen and oxygen atoms in total. The highest BCUT2D eigenvalue weighted by molar-refractivity contribution is 5.90. The number of aromatic amines is 1. The van der Waals surface area contributed by atoms with Gasteiger partial charge in [0.1, 0.15) is 5.82 Å². The number of aliphatic carboxylic acids is 1. The number of hydrogen-bond acceptors (Lipinski definition) is 4. The number of H-pyrrole nitrogens is 1. The van der Waals surface area contributed by atoms with E-state index < -0.39 is 5.97 Å². The van der Waals surface area contributed by atoms with Crippen LogP contribution in [0.15, 0.2) is 0 Å². The van der Waals surface area contributed by atoms with Crippen LogP contribution in [0.1, 0.15) is 55.0 Å². The van der Waals surface area contributed by atoms with Crippen LogP contribution in [0.3, 0.4) is 0 Å². The molecule has 0 spiro atoms. The monoisotopic (exact) mass is 252 g/mol. The molecule has 1 saturated carbocycles. The maximum absolute atomic E-state index is 11.8. The number of nitrogens with one attached hydrogen (secondary N) is 2. The molecule has 1 aliphatic rings. The summed E-state index contributed by atoms with van der Waals surface area (Å²) in [4.78, 5) is 26.3. The van der Waals surface area contributed by atoms with Gasteiger partial charge >= 0.3 is 5.97 Å². The van der Waals surface area contributed by atoms with E-state index in [9.17, 15) is 9.59 Å². The lowest BCUT2D eigenvalue weighted by molar-refractivity contribution is -0.137. The molecule has 1 amide bonds. The van der Waals surface area contributed by atoms with E-state index >= 15 is 0 Å². The van der Waals surface area contributed by atoms with Crippen LogP contribution in [0, 0.1) is 0 Å². The first-order valence-electron chi connectivity index (χ1n) is 6.01. The molecule has 1 aliphatic carbocycles. The quantitative estimate of drug-likeness (QED) is 0.689. The highest BCUT2D eigenvalue weighted by atomic mass is 16.4. The molecule has 1 unspecified atom stereocenters. The van der Waals surface area contributed by atoms with Crippen molar-refractivity contribution >= 4 is 11.9 Å². The van der Waals surface area contributed by atoms with Crippen molar-refractivity contribution in [1.82, 2.24) is 20.5 Å². The van der Waals surface area contributed by atoms with Crippen molar-refractivity contribution in [2.45, 2.75) is 44.6 Å². The Balaban J connectivity index is 1.84. The first-order valence-corrected chi connectivity index (χ1v) is 6.01. The second kappa shape index (κ2) is 5.16. The van der Waals surface area contributed by atoms with Gasteiger partial charge < -0.3 is 10.4 Å². The molecule has 1 aromatic rings. The fourth-order valence-electron chi connectivity index (χ4n) is 1.62. The summed E-state index contributed by atoms with van der Waals surface area (Å²) in [5, 5.41) is 17.8. The highest BCUT2D eigenvalue weighted by Crippen LogP contribution is 2.37. The second-order valence-electron chi connectivity index (χ2n) is 4.63. The summed E-state index contributed by atoms with van der Waals surface area (Å²) in [6.07, 6.45) is 2.60. The van der Waals surface area contributed by atoms with Crippen LogP contribution in [0.4, 0.5) is 0 Å². The largest absolute Gasteiger partial charge is 0.481 e. The standard InChI is InChI=1S/C11H16N4O3/c1-6(2-5-8(16)17)12-11(18)10-13-9(14-15-10)7-3-4-7/h6-7H,2-5H2,1H3,(H,12,18)(H,16,17)(H,13,14,15). The van der Waals surface area contributed by atoms with Gasteiger partial charge in [0.15, 0.2) is 0 Å². The minimum Gasteiger partial charge on any atom is -0.481 e. The van der Waals surface area contributed by atoms with Crippen molar-refractivity contribution in [3.63, 3.8) is 0 Å². The number of amides is 1. The zero-order chi connectivity index (χ0) is 13.1. The third kappa shape index (κ3) is 3.28. The highest BCUT2D eigenvalue weighted by Gasteiger charge is 2.28. The van der Waals surface area contributed by atoms with Crippen molar-refractivity contribution in [3.8, 4) is 0 Å². The van der Waals surface area contributed by atoms with Crippen LogP contribution in [-0.2, 0) is 4.79 Å². The van der Waals surface area contributed by atoms with Crippen LogP contribution < -0.4 is 5.32 Å². The molecule has 0 aromatic carbocycles. The van der Waals surface area contributed by atoms with Gasteiger partial charge in [-0.2, -0.15) is 0 Å². The fraction of sp³-hybridized carbons (Fsp3) is 0.636. The summed E-state index contributed by atoms with van der Waals surface area (Å²) in [6, 6.07) is -0.212. The SMILES string of the molecule is CC(CCC(=O)O)NC(=O)c1n[nH]c(C2CC2)n1. The van der Waals surface area contributed by atoms with Gasteiger partial charge in [0.05, 0.1) is 0 Å². The third-order valence-electron chi connectivity index (χ3n) is 2.84. The molecule has 0 bridgehead atoms. The van der Waals surface area contributed by atoms with Crippen molar-refractivity contribution in [3.05, 3.63) is 11.6 Å². The maximum atomic E-state index is 11.8. The van der Waals surface area contributed by atoms with E-state index in [0.29, 0.717) is 12.3 Å². The minimum atomic E-state index is -0.870. The number of aromatic nitrogens is 3. The average Bonchev–Trinajstić information content (AvgIpc) is 3.04. The van der Waals surface area contributed by atoms with E-state index in [1.807, 2.05) is 0 Å². The normalized spacial score (nSPS) is 16.3. The Bertz CT molecular complexity index is 453. The van der Waals surface area contributed by atoms with Crippen molar-refractivity contribution in [1.29, 1.82) is 0 Å².